The predicted octanol–water partition coefficient (Wildman–Crippen LogP) is 3.52. The lowest BCUT2D eigenvalue weighted by Crippen LogP contribution is -2.37. The van der Waals surface area contributed by atoms with E-state index in [1.54, 1.807) is 7.11 Å². The molecule has 1 heterocycles. The number of rotatable bonds is 7. The van der Waals surface area contributed by atoms with E-state index in [4.69, 9.17) is 9.47 Å². The lowest BCUT2D eigenvalue weighted by Gasteiger charge is -2.32. The maximum Gasteiger partial charge on any atom is 0.122 e. The molecule has 21 heavy (non-hydrogen) atoms. The molecule has 1 N–H and O–H groups in total. The maximum absolute atomic E-state index is 5.55. The van der Waals surface area contributed by atoms with E-state index in [-0.39, 0.29) is 5.41 Å². The van der Waals surface area contributed by atoms with Crippen LogP contribution in [0.15, 0.2) is 24.3 Å². The zero-order chi connectivity index (χ0) is 15.1. The van der Waals surface area contributed by atoms with Gasteiger partial charge in [0.2, 0.25) is 0 Å². The molecule has 0 saturated carbocycles. The van der Waals surface area contributed by atoms with Crippen molar-refractivity contribution in [1.29, 1.82) is 0 Å². The average Bonchev–Trinajstić information content (AvgIpc) is 2.55. The van der Waals surface area contributed by atoms with E-state index in [1.807, 2.05) is 6.07 Å². The smallest absolute Gasteiger partial charge is 0.122 e. The Kier molecular flexibility index (Phi) is 6.07. The molecule has 118 valence electrons. The summed E-state index contributed by atoms with van der Waals surface area (Å²) in [7, 11) is 1.76. The molecule has 1 aromatic rings. The van der Waals surface area contributed by atoms with Gasteiger partial charge in [-0.25, -0.2) is 0 Å². The van der Waals surface area contributed by atoms with Gasteiger partial charge in [0.05, 0.1) is 7.11 Å². The first kappa shape index (κ1) is 16.3. The van der Waals surface area contributed by atoms with E-state index >= 15 is 0 Å². The highest BCUT2D eigenvalue weighted by molar-refractivity contribution is 5.39. The maximum atomic E-state index is 5.55. The summed E-state index contributed by atoms with van der Waals surface area (Å²) in [6, 6.07) is 9.04. The Balaban J connectivity index is 1.96. The highest BCUT2D eigenvalue weighted by Crippen LogP contribution is 2.36. The van der Waals surface area contributed by atoms with Crippen molar-refractivity contribution in [3.63, 3.8) is 0 Å². The third-order valence-electron chi connectivity index (χ3n) is 4.87. The van der Waals surface area contributed by atoms with Crippen molar-refractivity contribution in [3.8, 4) is 5.75 Å². The number of hydrogen-bond donors (Lipinski definition) is 1. The van der Waals surface area contributed by atoms with Crippen LogP contribution in [0.3, 0.4) is 0 Å². The van der Waals surface area contributed by atoms with Crippen LogP contribution in [0, 0.1) is 0 Å². The summed E-state index contributed by atoms with van der Waals surface area (Å²) in [4.78, 5) is 0. The minimum absolute atomic E-state index is 0.158. The molecular weight excluding hydrogens is 262 g/mol. The van der Waals surface area contributed by atoms with E-state index < -0.39 is 0 Å². The van der Waals surface area contributed by atoms with Gasteiger partial charge in [0.25, 0.3) is 0 Å². The molecule has 1 fully saturated rings. The fraction of sp³-hybridized carbons (Fsp3) is 0.667. The fourth-order valence-electron chi connectivity index (χ4n) is 3.10. The van der Waals surface area contributed by atoms with Crippen molar-refractivity contribution in [2.45, 2.75) is 51.0 Å². The molecule has 1 atom stereocenters. The van der Waals surface area contributed by atoms with Crippen LogP contribution >= 0.6 is 0 Å². The zero-order valence-corrected chi connectivity index (χ0v) is 13.7. The first-order valence-electron chi connectivity index (χ1n) is 8.14. The monoisotopic (exact) mass is 291 g/mol. The molecular formula is C18H29NO2. The second-order valence-electron chi connectivity index (χ2n) is 6.21. The van der Waals surface area contributed by atoms with Crippen molar-refractivity contribution < 1.29 is 9.47 Å². The van der Waals surface area contributed by atoms with Crippen LogP contribution in [0.25, 0.3) is 0 Å². The van der Waals surface area contributed by atoms with Gasteiger partial charge >= 0.3 is 0 Å². The van der Waals surface area contributed by atoms with Crippen molar-refractivity contribution in [3.05, 3.63) is 29.8 Å². The number of methoxy groups -OCH3 is 1. The van der Waals surface area contributed by atoms with E-state index in [0.717, 1.165) is 51.2 Å². The third kappa shape index (κ3) is 4.21. The highest BCUT2D eigenvalue weighted by atomic mass is 16.5. The highest BCUT2D eigenvalue weighted by Gasteiger charge is 2.27. The van der Waals surface area contributed by atoms with Crippen LogP contribution in [-0.2, 0) is 10.2 Å². The molecule has 0 spiro atoms. The summed E-state index contributed by atoms with van der Waals surface area (Å²) in [6.45, 7) is 7.45. The number of nitrogens with one attached hydrogen (secondary N) is 1. The van der Waals surface area contributed by atoms with Crippen LogP contribution < -0.4 is 10.1 Å². The van der Waals surface area contributed by atoms with Gasteiger partial charge in [0.15, 0.2) is 0 Å². The molecule has 0 amide bonds. The largest absolute Gasteiger partial charge is 0.496 e. The second-order valence-corrected chi connectivity index (χ2v) is 6.21. The number of hydrogen-bond acceptors (Lipinski definition) is 3. The van der Waals surface area contributed by atoms with Gasteiger partial charge in [-0.1, -0.05) is 32.0 Å². The minimum atomic E-state index is 0.158. The molecule has 0 unspecified atom stereocenters. The van der Waals surface area contributed by atoms with E-state index in [0.29, 0.717) is 6.04 Å². The third-order valence-corrected chi connectivity index (χ3v) is 4.87. The van der Waals surface area contributed by atoms with Crippen molar-refractivity contribution >= 4 is 0 Å². The summed E-state index contributed by atoms with van der Waals surface area (Å²) in [5.41, 5.74) is 1.48. The van der Waals surface area contributed by atoms with E-state index in [2.05, 4.69) is 37.4 Å². The van der Waals surface area contributed by atoms with Gasteiger partial charge in [-0.2, -0.15) is 0 Å². The van der Waals surface area contributed by atoms with Crippen LogP contribution in [0.2, 0.25) is 0 Å². The average molecular weight is 291 g/mol. The Morgan fingerprint density at radius 3 is 2.67 bits per heavy atom. The molecule has 3 heteroatoms. The first-order chi connectivity index (χ1) is 10.2. The molecule has 0 bridgehead atoms. The standard InChI is InChI=1S/C18H29NO2/c1-4-18(2,16-7-5-6-8-17(16)20-3)11-12-19-15-9-13-21-14-10-15/h5-8,15,19H,4,9-14H2,1-3H3/t18-/m0/s1. The molecule has 0 radical (unpaired) electrons. The molecule has 3 nitrogen and oxygen atoms in total. The minimum Gasteiger partial charge on any atom is -0.496 e. The van der Waals surface area contributed by atoms with Gasteiger partial charge in [-0.3, -0.25) is 0 Å². The normalized spacial score (nSPS) is 19.2. The van der Waals surface area contributed by atoms with Crippen LogP contribution in [0.4, 0.5) is 0 Å². The number of benzene rings is 1. The number of para-hydroxylation sites is 1. The Morgan fingerprint density at radius 2 is 2.00 bits per heavy atom. The Labute approximate surface area is 129 Å². The quantitative estimate of drug-likeness (QED) is 0.834. The lowest BCUT2D eigenvalue weighted by molar-refractivity contribution is 0.0775. The molecule has 2 rings (SSSR count). The van der Waals surface area contributed by atoms with E-state index in [9.17, 15) is 0 Å². The second kappa shape index (κ2) is 7.81. The molecule has 1 aliphatic rings. The molecule has 0 aromatic heterocycles. The van der Waals surface area contributed by atoms with Gasteiger partial charge in [0, 0.05) is 24.8 Å². The lowest BCUT2D eigenvalue weighted by atomic mass is 9.76. The summed E-state index contributed by atoms with van der Waals surface area (Å²) in [6.07, 6.45) is 4.51. The van der Waals surface area contributed by atoms with Crippen molar-refractivity contribution in [1.82, 2.24) is 5.32 Å². The summed E-state index contributed by atoms with van der Waals surface area (Å²) in [5, 5.41) is 3.70. The van der Waals surface area contributed by atoms with Gasteiger partial charge in [-0.15, -0.1) is 0 Å². The van der Waals surface area contributed by atoms with Gasteiger partial charge in [0.1, 0.15) is 5.75 Å². The van der Waals surface area contributed by atoms with Gasteiger partial charge in [-0.05, 0) is 43.7 Å². The fourth-order valence-corrected chi connectivity index (χ4v) is 3.10. The van der Waals surface area contributed by atoms with Crippen LogP contribution in [0.1, 0.15) is 45.1 Å². The molecule has 1 aromatic carbocycles. The van der Waals surface area contributed by atoms with E-state index in [1.165, 1.54) is 5.56 Å². The molecule has 0 aliphatic carbocycles. The molecule has 1 aliphatic heterocycles. The Morgan fingerprint density at radius 1 is 1.29 bits per heavy atom. The summed E-state index contributed by atoms with van der Waals surface area (Å²) >= 11 is 0. The molecule has 1 saturated heterocycles. The van der Waals surface area contributed by atoms with Crippen LogP contribution in [-0.4, -0.2) is 32.9 Å². The van der Waals surface area contributed by atoms with Crippen molar-refractivity contribution in [2.75, 3.05) is 26.9 Å². The topological polar surface area (TPSA) is 30.5 Å². The Bertz CT molecular complexity index is 429. The zero-order valence-electron chi connectivity index (χ0n) is 13.7. The predicted molar refractivity (Wildman–Crippen MR) is 87.1 cm³/mol. The van der Waals surface area contributed by atoms with Crippen LogP contribution in [0.5, 0.6) is 5.75 Å². The Hall–Kier alpha value is -1.06. The van der Waals surface area contributed by atoms with Crippen molar-refractivity contribution in [2.24, 2.45) is 0 Å². The number of ether oxygens (including phenoxy) is 2. The summed E-state index contributed by atoms with van der Waals surface area (Å²) < 4.78 is 11.0. The summed E-state index contributed by atoms with van der Waals surface area (Å²) in [5.74, 6) is 1.01. The van der Waals surface area contributed by atoms with Gasteiger partial charge < -0.3 is 14.8 Å². The first-order valence-corrected chi connectivity index (χ1v) is 8.14. The SMILES string of the molecule is CC[C@@](C)(CCNC1CCOCC1)c1ccccc1OC.